The Bertz CT molecular complexity index is 408. The Hall–Kier alpha value is -0.770. The Morgan fingerprint density at radius 3 is 2.60 bits per heavy atom. The second-order valence-corrected chi connectivity index (χ2v) is 4.30. The highest BCUT2D eigenvalue weighted by Gasteiger charge is 2.29. The first-order chi connectivity index (χ1) is 7.09. The largest absolute Gasteiger partial charge is 0.320 e. The first kappa shape index (κ1) is 10.7. The van der Waals surface area contributed by atoms with Crippen molar-refractivity contribution in [1.82, 2.24) is 0 Å². The normalized spacial score (nSPS) is 21.1. The van der Waals surface area contributed by atoms with Crippen molar-refractivity contribution in [1.29, 1.82) is 0 Å². The summed E-state index contributed by atoms with van der Waals surface area (Å²) in [6.07, 6.45) is 0.680. The van der Waals surface area contributed by atoms with E-state index in [1.54, 1.807) is 23.1 Å². The predicted octanol–water partition coefficient (Wildman–Crippen LogP) is 2.06. The van der Waals surface area contributed by atoms with E-state index in [0.29, 0.717) is 23.0 Å². The van der Waals surface area contributed by atoms with Crippen molar-refractivity contribution in [3.05, 3.63) is 28.2 Å². The van der Waals surface area contributed by atoms with Crippen molar-refractivity contribution in [2.75, 3.05) is 11.4 Å². The molecule has 1 aliphatic rings. The molecule has 5 heteroatoms. The quantitative estimate of drug-likeness (QED) is 0.823. The lowest BCUT2D eigenvalue weighted by Gasteiger charge is -2.16. The maximum atomic E-state index is 11.6. The van der Waals surface area contributed by atoms with Crippen LogP contribution in [0.3, 0.4) is 0 Å². The number of anilines is 1. The summed E-state index contributed by atoms with van der Waals surface area (Å²) < 4.78 is 0. The molecule has 1 saturated heterocycles. The third kappa shape index (κ3) is 1.95. The first-order valence-corrected chi connectivity index (χ1v) is 5.37. The summed E-state index contributed by atoms with van der Waals surface area (Å²) in [4.78, 5) is 13.3. The summed E-state index contributed by atoms with van der Waals surface area (Å²) in [6, 6.07) is 4.74. The number of hydrogen-bond donors (Lipinski definition) is 1. The van der Waals surface area contributed by atoms with E-state index in [1.807, 2.05) is 0 Å². The van der Waals surface area contributed by atoms with E-state index in [-0.39, 0.29) is 11.9 Å². The fraction of sp³-hybridized carbons (Fsp3) is 0.300. The first-order valence-electron chi connectivity index (χ1n) is 4.61. The van der Waals surface area contributed by atoms with Gasteiger partial charge in [-0.1, -0.05) is 23.2 Å². The van der Waals surface area contributed by atoms with Gasteiger partial charge in [-0.3, -0.25) is 4.79 Å². The van der Waals surface area contributed by atoms with Gasteiger partial charge in [0.2, 0.25) is 5.91 Å². The van der Waals surface area contributed by atoms with Crippen LogP contribution in [0.25, 0.3) is 0 Å². The van der Waals surface area contributed by atoms with E-state index < -0.39 is 0 Å². The highest BCUT2D eigenvalue weighted by molar-refractivity contribution is 6.42. The topological polar surface area (TPSA) is 46.3 Å². The number of nitrogens with two attached hydrogens (primary N) is 1. The number of hydrogen-bond acceptors (Lipinski definition) is 2. The Morgan fingerprint density at radius 2 is 2.07 bits per heavy atom. The van der Waals surface area contributed by atoms with Gasteiger partial charge in [0.1, 0.15) is 0 Å². The molecule has 0 saturated carbocycles. The van der Waals surface area contributed by atoms with Gasteiger partial charge < -0.3 is 10.6 Å². The Kier molecular flexibility index (Phi) is 2.87. The molecule has 1 fully saturated rings. The number of halogens is 2. The minimum Gasteiger partial charge on any atom is -0.320 e. The molecule has 0 spiro atoms. The van der Waals surface area contributed by atoms with E-state index in [2.05, 4.69) is 0 Å². The van der Waals surface area contributed by atoms with Crippen LogP contribution in [-0.2, 0) is 4.79 Å². The van der Waals surface area contributed by atoms with Crippen LogP contribution in [0, 0.1) is 0 Å². The molecular formula is C10H10Cl2N2O. The van der Waals surface area contributed by atoms with Crippen LogP contribution >= 0.6 is 23.2 Å². The smallest absolute Gasteiger partial charge is 0.243 e. The van der Waals surface area contributed by atoms with Crippen LogP contribution in [0.15, 0.2) is 18.2 Å². The molecule has 1 aromatic rings. The van der Waals surface area contributed by atoms with Gasteiger partial charge >= 0.3 is 0 Å². The zero-order valence-electron chi connectivity index (χ0n) is 7.91. The Labute approximate surface area is 97.8 Å². The van der Waals surface area contributed by atoms with Crippen LogP contribution in [0.4, 0.5) is 5.69 Å². The molecule has 1 aromatic carbocycles. The molecule has 2 rings (SSSR count). The molecule has 0 aromatic heterocycles. The van der Waals surface area contributed by atoms with Gasteiger partial charge in [0, 0.05) is 12.2 Å². The van der Waals surface area contributed by atoms with Crippen molar-refractivity contribution in [2.45, 2.75) is 12.5 Å². The molecule has 15 heavy (non-hydrogen) atoms. The molecular weight excluding hydrogens is 235 g/mol. The molecule has 0 unspecified atom stereocenters. The number of nitrogens with zero attached hydrogens (tertiary/aromatic N) is 1. The molecule has 0 radical (unpaired) electrons. The number of amides is 1. The fourth-order valence-electron chi connectivity index (χ4n) is 1.61. The molecule has 1 amide bonds. The second kappa shape index (κ2) is 4.00. The monoisotopic (exact) mass is 244 g/mol. The number of carbonyl (C=O) groups is 1. The molecule has 2 N–H and O–H groups in total. The number of rotatable bonds is 1. The SMILES string of the molecule is N[C@@H]1CCN(c2ccc(Cl)c(Cl)c2)C1=O. The van der Waals surface area contributed by atoms with Crippen molar-refractivity contribution < 1.29 is 4.79 Å². The predicted molar refractivity (Wildman–Crippen MR) is 61.4 cm³/mol. The molecule has 1 aliphatic heterocycles. The van der Waals surface area contributed by atoms with Gasteiger partial charge in [-0.05, 0) is 24.6 Å². The molecule has 1 atom stereocenters. The average molecular weight is 245 g/mol. The summed E-state index contributed by atoms with van der Waals surface area (Å²) in [5, 5.41) is 0.929. The number of carbonyl (C=O) groups excluding carboxylic acids is 1. The lowest BCUT2D eigenvalue weighted by Crippen LogP contribution is -2.33. The lowest BCUT2D eigenvalue weighted by atomic mass is 10.3. The van der Waals surface area contributed by atoms with E-state index in [0.717, 1.165) is 5.69 Å². The molecule has 1 heterocycles. The Balaban J connectivity index is 2.31. The number of benzene rings is 1. The lowest BCUT2D eigenvalue weighted by molar-refractivity contribution is -0.118. The van der Waals surface area contributed by atoms with Gasteiger partial charge in [-0.2, -0.15) is 0 Å². The Morgan fingerprint density at radius 1 is 1.33 bits per heavy atom. The molecule has 0 bridgehead atoms. The van der Waals surface area contributed by atoms with Gasteiger partial charge in [-0.15, -0.1) is 0 Å². The van der Waals surface area contributed by atoms with Gasteiger partial charge in [0.25, 0.3) is 0 Å². The summed E-state index contributed by atoms with van der Waals surface area (Å²) in [7, 11) is 0. The zero-order chi connectivity index (χ0) is 11.0. The van der Waals surface area contributed by atoms with Crippen LogP contribution in [0.1, 0.15) is 6.42 Å². The van der Waals surface area contributed by atoms with Crippen molar-refractivity contribution in [2.24, 2.45) is 5.73 Å². The van der Waals surface area contributed by atoms with Gasteiger partial charge in [0.05, 0.1) is 16.1 Å². The average Bonchev–Trinajstić information content (AvgIpc) is 2.53. The summed E-state index contributed by atoms with van der Waals surface area (Å²) in [5.41, 5.74) is 6.38. The van der Waals surface area contributed by atoms with Gasteiger partial charge in [0.15, 0.2) is 0 Å². The van der Waals surface area contributed by atoms with E-state index in [4.69, 9.17) is 28.9 Å². The minimum atomic E-state index is -0.389. The van der Waals surface area contributed by atoms with Crippen molar-refractivity contribution >= 4 is 34.8 Å². The molecule has 0 aliphatic carbocycles. The van der Waals surface area contributed by atoms with Crippen molar-refractivity contribution in [3.63, 3.8) is 0 Å². The fourth-order valence-corrected chi connectivity index (χ4v) is 1.90. The highest BCUT2D eigenvalue weighted by atomic mass is 35.5. The second-order valence-electron chi connectivity index (χ2n) is 3.48. The van der Waals surface area contributed by atoms with Crippen LogP contribution < -0.4 is 10.6 Å². The zero-order valence-corrected chi connectivity index (χ0v) is 9.42. The van der Waals surface area contributed by atoms with Gasteiger partial charge in [-0.25, -0.2) is 0 Å². The van der Waals surface area contributed by atoms with Crippen molar-refractivity contribution in [3.8, 4) is 0 Å². The van der Waals surface area contributed by atoms with E-state index in [9.17, 15) is 4.79 Å². The third-order valence-electron chi connectivity index (χ3n) is 2.46. The van der Waals surface area contributed by atoms with Crippen LogP contribution in [0.2, 0.25) is 10.0 Å². The third-order valence-corrected chi connectivity index (χ3v) is 3.20. The minimum absolute atomic E-state index is 0.0617. The standard InChI is InChI=1S/C10H10Cl2N2O/c11-7-2-1-6(5-8(7)12)14-4-3-9(13)10(14)15/h1-2,5,9H,3-4,13H2/t9-/m1/s1. The van der Waals surface area contributed by atoms with E-state index in [1.165, 1.54) is 0 Å². The van der Waals surface area contributed by atoms with Crippen LogP contribution in [-0.4, -0.2) is 18.5 Å². The van der Waals surface area contributed by atoms with E-state index >= 15 is 0 Å². The summed E-state index contributed by atoms with van der Waals surface area (Å²) >= 11 is 11.7. The maximum absolute atomic E-state index is 11.6. The molecule has 80 valence electrons. The molecule has 3 nitrogen and oxygen atoms in total. The van der Waals surface area contributed by atoms with Crippen LogP contribution in [0.5, 0.6) is 0 Å². The highest BCUT2D eigenvalue weighted by Crippen LogP contribution is 2.29. The summed E-state index contributed by atoms with van der Waals surface area (Å²) in [5.74, 6) is -0.0617. The maximum Gasteiger partial charge on any atom is 0.243 e. The summed E-state index contributed by atoms with van der Waals surface area (Å²) in [6.45, 7) is 0.637.